The van der Waals surface area contributed by atoms with Crippen molar-refractivity contribution in [2.45, 2.75) is 37.9 Å². The van der Waals surface area contributed by atoms with Gasteiger partial charge in [0, 0.05) is 31.8 Å². The average molecular weight is 477 g/mol. The quantitative estimate of drug-likeness (QED) is 0.462. The molecule has 0 bridgehead atoms. The van der Waals surface area contributed by atoms with E-state index in [0.29, 0.717) is 16.1 Å². The number of carbonyl (C=O) groups is 1. The van der Waals surface area contributed by atoms with Crippen LogP contribution in [0.4, 0.5) is 13.2 Å². The Hall–Kier alpha value is -2.10. The number of alkyl halides is 3. The molecule has 10 heteroatoms. The molecular weight excluding hydrogens is 453 g/mol. The second kappa shape index (κ2) is 10.0. The van der Waals surface area contributed by atoms with Gasteiger partial charge in [-0.05, 0) is 42.5 Å². The SMILES string of the molecule is Cc1ccc(-c2ccc(C(CCS(=N)(=O)CC[C@H](N)C(=O)O)C(F)(F)F)cc2)c(Cl)c1. The molecule has 2 aromatic carbocycles. The van der Waals surface area contributed by atoms with Crippen molar-refractivity contribution in [1.82, 2.24) is 0 Å². The minimum Gasteiger partial charge on any atom is -0.480 e. The van der Waals surface area contributed by atoms with Crippen molar-refractivity contribution < 1.29 is 27.3 Å². The van der Waals surface area contributed by atoms with Gasteiger partial charge in [0.15, 0.2) is 0 Å². The van der Waals surface area contributed by atoms with Gasteiger partial charge in [-0.1, -0.05) is 48.0 Å². The third kappa shape index (κ3) is 7.22. The second-order valence-corrected chi connectivity index (χ2v) is 10.3. The third-order valence-electron chi connectivity index (χ3n) is 4.96. The predicted octanol–water partition coefficient (Wildman–Crippen LogP) is 5.20. The average Bonchev–Trinajstić information content (AvgIpc) is 2.66. The van der Waals surface area contributed by atoms with Gasteiger partial charge in [-0.2, -0.15) is 13.2 Å². The Morgan fingerprint density at radius 1 is 1.16 bits per heavy atom. The van der Waals surface area contributed by atoms with Crippen LogP contribution < -0.4 is 5.73 Å². The van der Waals surface area contributed by atoms with Crippen LogP contribution in [0.25, 0.3) is 11.1 Å². The molecule has 0 fully saturated rings. The molecule has 0 heterocycles. The Kier molecular flexibility index (Phi) is 8.13. The number of nitrogens with one attached hydrogen (secondary N) is 1. The largest absolute Gasteiger partial charge is 0.480 e. The number of hydrogen-bond acceptors (Lipinski definition) is 4. The fourth-order valence-corrected chi connectivity index (χ4v) is 4.92. The molecule has 0 aliphatic rings. The van der Waals surface area contributed by atoms with E-state index in [2.05, 4.69) is 0 Å². The van der Waals surface area contributed by atoms with Crippen molar-refractivity contribution in [2.75, 3.05) is 11.5 Å². The van der Waals surface area contributed by atoms with Crippen LogP contribution in [0.3, 0.4) is 0 Å². The summed E-state index contributed by atoms with van der Waals surface area (Å²) in [5, 5.41) is 9.25. The molecule has 0 spiro atoms. The standard InChI is InChI=1S/C21H24ClF3N2O3S/c1-13-2-7-16(18(22)12-13)14-3-5-15(6-4-14)17(21(23,24)25)8-10-31(27,30)11-9-19(26)20(28)29/h2-7,12,17,19,27H,8-11,26H2,1H3,(H,28,29)/t17?,19-,31?/m0/s1. The molecule has 0 aliphatic carbocycles. The van der Waals surface area contributed by atoms with Gasteiger partial charge in [-0.15, -0.1) is 0 Å². The molecule has 0 saturated carbocycles. The maximum Gasteiger partial charge on any atom is 0.395 e. The zero-order valence-corrected chi connectivity index (χ0v) is 18.4. The number of halogens is 4. The van der Waals surface area contributed by atoms with Crippen LogP contribution >= 0.6 is 11.6 Å². The monoisotopic (exact) mass is 476 g/mol. The van der Waals surface area contributed by atoms with Gasteiger partial charge in [0.1, 0.15) is 6.04 Å². The summed E-state index contributed by atoms with van der Waals surface area (Å²) >= 11 is 6.23. The maximum absolute atomic E-state index is 13.7. The minimum atomic E-state index is -4.59. The fourth-order valence-electron chi connectivity index (χ4n) is 3.12. The second-order valence-electron chi connectivity index (χ2n) is 7.44. The highest BCUT2D eigenvalue weighted by molar-refractivity contribution is 7.92. The van der Waals surface area contributed by atoms with Crippen molar-refractivity contribution in [3.63, 3.8) is 0 Å². The van der Waals surface area contributed by atoms with Gasteiger partial charge < -0.3 is 10.8 Å². The normalized spacial score (nSPS) is 15.8. The molecule has 170 valence electrons. The molecular formula is C21H24ClF3N2O3S. The number of carboxylic acid groups (broad SMARTS) is 1. The highest BCUT2D eigenvalue weighted by Gasteiger charge is 2.40. The van der Waals surface area contributed by atoms with E-state index in [1.807, 2.05) is 13.0 Å². The summed E-state index contributed by atoms with van der Waals surface area (Å²) in [6.45, 7) is 1.88. The van der Waals surface area contributed by atoms with Crippen molar-refractivity contribution in [3.8, 4) is 11.1 Å². The summed E-state index contributed by atoms with van der Waals surface area (Å²) < 4.78 is 61.1. The molecule has 3 atom stereocenters. The number of rotatable bonds is 9. The molecule has 2 rings (SSSR count). The van der Waals surface area contributed by atoms with Crippen LogP contribution in [0.1, 0.15) is 29.9 Å². The van der Waals surface area contributed by atoms with E-state index in [1.165, 1.54) is 12.1 Å². The molecule has 0 amide bonds. The summed E-state index contributed by atoms with van der Waals surface area (Å²) in [6.07, 6.45) is -5.37. The molecule has 4 N–H and O–H groups in total. The van der Waals surface area contributed by atoms with E-state index in [-0.39, 0.29) is 17.7 Å². The molecule has 2 aromatic rings. The van der Waals surface area contributed by atoms with E-state index < -0.39 is 46.0 Å². The molecule has 0 radical (unpaired) electrons. The van der Waals surface area contributed by atoms with Crippen LogP contribution in [0.15, 0.2) is 42.5 Å². The first kappa shape index (κ1) is 25.2. The van der Waals surface area contributed by atoms with Crippen LogP contribution in [-0.4, -0.2) is 39.0 Å². The zero-order chi connectivity index (χ0) is 23.4. The van der Waals surface area contributed by atoms with E-state index >= 15 is 0 Å². The molecule has 31 heavy (non-hydrogen) atoms. The van der Waals surface area contributed by atoms with Gasteiger partial charge in [0.05, 0.1) is 5.92 Å². The summed E-state index contributed by atoms with van der Waals surface area (Å²) in [4.78, 5) is 10.7. The van der Waals surface area contributed by atoms with E-state index in [4.69, 9.17) is 27.2 Å². The third-order valence-corrected chi connectivity index (χ3v) is 7.06. The Morgan fingerprint density at radius 2 is 1.74 bits per heavy atom. The van der Waals surface area contributed by atoms with Gasteiger partial charge in [0.2, 0.25) is 0 Å². The van der Waals surface area contributed by atoms with Crippen molar-refractivity contribution >= 4 is 27.3 Å². The Labute approximate surface area is 184 Å². The van der Waals surface area contributed by atoms with Crippen LogP contribution in [-0.2, 0) is 14.5 Å². The van der Waals surface area contributed by atoms with Crippen molar-refractivity contribution in [3.05, 3.63) is 58.6 Å². The van der Waals surface area contributed by atoms with Crippen molar-refractivity contribution in [1.29, 1.82) is 4.78 Å². The summed E-state index contributed by atoms with van der Waals surface area (Å²) in [6, 6.07) is 9.93. The number of aryl methyl sites for hydroxylation is 1. The first-order valence-electron chi connectivity index (χ1n) is 9.46. The topological polar surface area (TPSA) is 104 Å². The lowest BCUT2D eigenvalue weighted by atomic mass is 9.93. The first-order valence-corrected chi connectivity index (χ1v) is 11.7. The van der Waals surface area contributed by atoms with Crippen molar-refractivity contribution in [2.24, 2.45) is 5.73 Å². The fraction of sp³-hybridized carbons (Fsp3) is 0.381. The molecule has 0 aliphatic heterocycles. The van der Waals surface area contributed by atoms with Gasteiger partial charge in [-0.25, -0.2) is 4.21 Å². The van der Waals surface area contributed by atoms with Gasteiger partial charge in [0.25, 0.3) is 0 Å². The van der Waals surface area contributed by atoms with Gasteiger partial charge >= 0.3 is 12.1 Å². The van der Waals surface area contributed by atoms with Crippen LogP contribution in [0.5, 0.6) is 0 Å². The number of aliphatic carboxylic acids is 1. The lowest BCUT2D eigenvalue weighted by molar-refractivity contribution is -0.150. The lowest BCUT2D eigenvalue weighted by Gasteiger charge is -2.22. The Morgan fingerprint density at radius 3 is 2.26 bits per heavy atom. The first-order chi connectivity index (χ1) is 14.3. The Bertz CT molecular complexity index is 1030. The predicted molar refractivity (Wildman–Crippen MR) is 116 cm³/mol. The smallest absolute Gasteiger partial charge is 0.395 e. The number of nitrogens with two attached hydrogens (primary N) is 1. The van der Waals surface area contributed by atoms with E-state index in [1.54, 1.807) is 24.3 Å². The lowest BCUT2D eigenvalue weighted by Crippen LogP contribution is -2.32. The molecule has 5 nitrogen and oxygen atoms in total. The highest BCUT2D eigenvalue weighted by Crippen LogP contribution is 2.39. The Balaban J connectivity index is 2.17. The zero-order valence-electron chi connectivity index (χ0n) is 16.8. The highest BCUT2D eigenvalue weighted by atomic mass is 35.5. The summed E-state index contributed by atoms with van der Waals surface area (Å²) in [5.41, 5.74) is 7.65. The molecule has 2 unspecified atom stereocenters. The van der Waals surface area contributed by atoms with E-state index in [9.17, 15) is 22.2 Å². The van der Waals surface area contributed by atoms with Crippen LogP contribution in [0, 0.1) is 11.7 Å². The molecule has 0 aromatic heterocycles. The number of carboxylic acids is 1. The molecule has 0 saturated heterocycles. The van der Waals surface area contributed by atoms with E-state index in [0.717, 1.165) is 5.56 Å². The minimum absolute atomic E-state index is 0.00285. The maximum atomic E-state index is 13.7. The summed E-state index contributed by atoms with van der Waals surface area (Å²) in [5.74, 6) is -4.07. The van der Waals surface area contributed by atoms with Gasteiger partial charge in [-0.3, -0.25) is 9.57 Å². The number of hydrogen-bond donors (Lipinski definition) is 3. The number of benzene rings is 2. The van der Waals surface area contributed by atoms with Crippen LogP contribution in [0.2, 0.25) is 5.02 Å². The summed E-state index contributed by atoms with van der Waals surface area (Å²) in [7, 11) is -3.40.